The first kappa shape index (κ1) is 19.7. The van der Waals surface area contributed by atoms with Crippen molar-refractivity contribution in [1.29, 1.82) is 0 Å². The predicted octanol–water partition coefficient (Wildman–Crippen LogP) is 2.18. The maximum atomic E-state index is 12.6. The van der Waals surface area contributed by atoms with Crippen molar-refractivity contribution in [3.8, 4) is 5.75 Å². The molecule has 0 bridgehead atoms. The van der Waals surface area contributed by atoms with E-state index in [4.69, 9.17) is 4.74 Å². The smallest absolute Gasteiger partial charge is 0.260 e. The molecule has 6 heteroatoms. The van der Waals surface area contributed by atoms with Gasteiger partial charge in [-0.05, 0) is 75.8 Å². The minimum Gasteiger partial charge on any atom is -0.483 e. The van der Waals surface area contributed by atoms with Crippen LogP contribution in [0.2, 0.25) is 0 Å². The van der Waals surface area contributed by atoms with Gasteiger partial charge in [0.15, 0.2) is 6.61 Å². The number of aryl methyl sites for hydroxylation is 2. The molecule has 2 N–H and O–H groups in total. The molecule has 148 valence electrons. The molecule has 2 heterocycles. The fourth-order valence-corrected chi connectivity index (χ4v) is 3.92. The van der Waals surface area contributed by atoms with Crippen molar-refractivity contribution < 1.29 is 14.3 Å². The first-order valence-corrected chi connectivity index (χ1v) is 10.1. The topological polar surface area (TPSA) is 70.7 Å². The molecule has 2 aliphatic heterocycles. The number of hydrogen-bond acceptors (Lipinski definition) is 4. The van der Waals surface area contributed by atoms with Crippen LogP contribution < -0.4 is 15.4 Å². The van der Waals surface area contributed by atoms with Gasteiger partial charge in [-0.3, -0.25) is 9.59 Å². The Balaban J connectivity index is 1.60. The highest BCUT2D eigenvalue weighted by atomic mass is 16.5. The molecule has 1 aromatic carbocycles. The van der Waals surface area contributed by atoms with Gasteiger partial charge in [-0.25, -0.2) is 0 Å². The van der Waals surface area contributed by atoms with Crippen LogP contribution in [0, 0.1) is 13.8 Å². The lowest BCUT2D eigenvalue weighted by atomic mass is 10.0. The fourth-order valence-electron chi connectivity index (χ4n) is 3.92. The highest BCUT2D eigenvalue weighted by molar-refractivity contribution is 5.95. The fraction of sp³-hybridized carbons (Fsp3) is 0.619. The molecule has 0 aliphatic carbocycles. The molecule has 0 saturated carbocycles. The Hall–Kier alpha value is -2.08. The van der Waals surface area contributed by atoms with Crippen LogP contribution >= 0.6 is 0 Å². The van der Waals surface area contributed by atoms with E-state index in [9.17, 15) is 9.59 Å². The number of carbonyl (C=O) groups is 2. The van der Waals surface area contributed by atoms with Gasteiger partial charge in [0, 0.05) is 31.2 Å². The maximum absolute atomic E-state index is 12.6. The number of piperidine rings is 2. The third kappa shape index (κ3) is 5.22. The lowest BCUT2D eigenvalue weighted by molar-refractivity contribution is -0.134. The van der Waals surface area contributed by atoms with Gasteiger partial charge in [-0.2, -0.15) is 0 Å². The van der Waals surface area contributed by atoms with E-state index in [1.165, 1.54) is 6.42 Å². The number of rotatable bonds is 5. The lowest BCUT2D eigenvalue weighted by Gasteiger charge is -2.27. The van der Waals surface area contributed by atoms with Crippen molar-refractivity contribution in [2.45, 2.75) is 52.0 Å². The first-order chi connectivity index (χ1) is 13.0. The standard InChI is InChI=1S/C21H31N3O3/c1-15-11-17(21(26)23-18-7-6-8-22-13-18)12-16(2)20(15)27-14-19(25)24-9-4-3-5-10-24/h11-12,18,22H,3-10,13-14H2,1-2H3,(H,23,26). The van der Waals surface area contributed by atoms with Crippen molar-refractivity contribution in [3.63, 3.8) is 0 Å². The van der Waals surface area contributed by atoms with Crippen molar-refractivity contribution in [2.24, 2.45) is 0 Å². The van der Waals surface area contributed by atoms with Crippen molar-refractivity contribution in [2.75, 3.05) is 32.8 Å². The second kappa shape index (κ2) is 9.22. The zero-order chi connectivity index (χ0) is 19.2. The van der Waals surface area contributed by atoms with Crippen LogP contribution in [0.25, 0.3) is 0 Å². The summed E-state index contributed by atoms with van der Waals surface area (Å²) in [6, 6.07) is 3.88. The van der Waals surface area contributed by atoms with Crippen LogP contribution in [0.1, 0.15) is 53.6 Å². The highest BCUT2D eigenvalue weighted by Crippen LogP contribution is 2.25. The summed E-state index contributed by atoms with van der Waals surface area (Å²) in [6.07, 6.45) is 5.44. The van der Waals surface area contributed by atoms with Crippen molar-refractivity contribution in [1.82, 2.24) is 15.5 Å². The summed E-state index contributed by atoms with van der Waals surface area (Å²) >= 11 is 0. The molecule has 6 nitrogen and oxygen atoms in total. The van der Waals surface area contributed by atoms with E-state index in [0.29, 0.717) is 11.3 Å². The number of ether oxygens (including phenoxy) is 1. The van der Waals surface area contributed by atoms with Crippen molar-refractivity contribution in [3.05, 3.63) is 28.8 Å². The minimum atomic E-state index is -0.0501. The average molecular weight is 373 g/mol. The molecule has 1 atom stereocenters. The molecule has 0 aromatic heterocycles. The summed E-state index contributed by atoms with van der Waals surface area (Å²) in [7, 11) is 0. The second-order valence-electron chi connectivity index (χ2n) is 7.69. The van der Waals surface area contributed by atoms with Crippen LogP contribution in [0.3, 0.4) is 0 Å². The van der Waals surface area contributed by atoms with Gasteiger partial charge >= 0.3 is 0 Å². The van der Waals surface area contributed by atoms with Gasteiger partial charge < -0.3 is 20.3 Å². The van der Waals surface area contributed by atoms with E-state index in [0.717, 1.165) is 63.0 Å². The quantitative estimate of drug-likeness (QED) is 0.830. The van der Waals surface area contributed by atoms with Gasteiger partial charge in [-0.15, -0.1) is 0 Å². The molecular weight excluding hydrogens is 342 g/mol. The van der Waals surface area contributed by atoms with E-state index in [1.807, 2.05) is 30.9 Å². The highest BCUT2D eigenvalue weighted by Gasteiger charge is 2.20. The summed E-state index contributed by atoms with van der Waals surface area (Å²) in [4.78, 5) is 26.8. The van der Waals surface area contributed by atoms with Gasteiger partial charge in [0.05, 0.1) is 0 Å². The molecule has 2 saturated heterocycles. The lowest BCUT2D eigenvalue weighted by Crippen LogP contribution is -2.45. The number of nitrogens with zero attached hydrogens (tertiary/aromatic N) is 1. The molecule has 1 unspecified atom stereocenters. The first-order valence-electron chi connectivity index (χ1n) is 10.1. The van der Waals surface area contributed by atoms with Crippen LogP contribution in [0.5, 0.6) is 5.75 Å². The Bertz CT molecular complexity index is 654. The van der Waals surface area contributed by atoms with E-state index < -0.39 is 0 Å². The summed E-state index contributed by atoms with van der Waals surface area (Å²) in [5.41, 5.74) is 2.41. The average Bonchev–Trinajstić information content (AvgIpc) is 2.68. The Kier molecular flexibility index (Phi) is 6.72. The van der Waals surface area contributed by atoms with Crippen LogP contribution in [-0.4, -0.2) is 55.5 Å². The second-order valence-corrected chi connectivity index (χ2v) is 7.69. The van der Waals surface area contributed by atoms with Gasteiger partial charge in [0.2, 0.25) is 0 Å². The molecule has 2 amide bonds. The van der Waals surface area contributed by atoms with Gasteiger partial charge in [0.25, 0.3) is 11.8 Å². The number of carbonyl (C=O) groups excluding carboxylic acids is 2. The van der Waals surface area contributed by atoms with Gasteiger partial charge in [-0.1, -0.05) is 0 Å². The molecule has 0 radical (unpaired) electrons. The number of hydrogen-bond donors (Lipinski definition) is 2. The third-order valence-electron chi connectivity index (χ3n) is 5.40. The largest absolute Gasteiger partial charge is 0.483 e. The zero-order valence-electron chi connectivity index (χ0n) is 16.5. The molecule has 0 spiro atoms. The number of nitrogens with one attached hydrogen (secondary N) is 2. The van der Waals surface area contributed by atoms with Crippen LogP contribution in [0.4, 0.5) is 0 Å². The zero-order valence-corrected chi connectivity index (χ0v) is 16.5. The Morgan fingerprint density at radius 1 is 1.15 bits per heavy atom. The van der Waals surface area contributed by atoms with Crippen LogP contribution in [-0.2, 0) is 4.79 Å². The normalized spacial score (nSPS) is 20.2. The van der Waals surface area contributed by atoms with Crippen LogP contribution in [0.15, 0.2) is 12.1 Å². The molecule has 2 aliphatic rings. The van der Waals surface area contributed by atoms with E-state index in [2.05, 4.69) is 10.6 Å². The number of benzene rings is 1. The van der Waals surface area contributed by atoms with Crippen molar-refractivity contribution >= 4 is 11.8 Å². The van der Waals surface area contributed by atoms with E-state index in [1.54, 1.807) is 0 Å². The van der Waals surface area contributed by atoms with Gasteiger partial charge in [0.1, 0.15) is 5.75 Å². The summed E-state index contributed by atoms with van der Waals surface area (Å²) in [5, 5.41) is 6.41. The third-order valence-corrected chi connectivity index (χ3v) is 5.40. The number of amides is 2. The SMILES string of the molecule is Cc1cc(C(=O)NC2CCCNC2)cc(C)c1OCC(=O)N1CCCCC1. The Labute approximate surface area is 161 Å². The summed E-state index contributed by atoms with van der Waals surface area (Å²) < 4.78 is 5.83. The molecule has 2 fully saturated rings. The summed E-state index contributed by atoms with van der Waals surface area (Å²) in [5.74, 6) is 0.696. The number of likely N-dealkylation sites (tertiary alicyclic amines) is 1. The summed E-state index contributed by atoms with van der Waals surface area (Å²) in [6.45, 7) is 7.40. The minimum absolute atomic E-state index is 0.0418. The molecule has 3 rings (SSSR count). The predicted molar refractivity (Wildman–Crippen MR) is 105 cm³/mol. The molecular formula is C21H31N3O3. The molecule has 1 aromatic rings. The Morgan fingerprint density at radius 2 is 1.85 bits per heavy atom. The van der Waals surface area contributed by atoms with E-state index in [-0.39, 0.29) is 24.5 Å². The maximum Gasteiger partial charge on any atom is 0.260 e. The molecule has 27 heavy (non-hydrogen) atoms. The monoisotopic (exact) mass is 373 g/mol. The van der Waals surface area contributed by atoms with E-state index >= 15 is 0 Å². The Morgan fingerprint density at radius 3 is 2.48 bits per heavy atom.